The molecule has 51 heavy (non-hydrogen) atoms. The van der Waals surface area contributed by atoms with Crippen molar-refractivity contribution in [1.29, 1.82) is 0 Å². The van der Waals surface area contributed by atoms with Crippen LogP contribution in [-0.4, -0.2) is 57.8 Å². The number of nitrogens with one attached hydrogen (secondary N) is 1. The Labute approximate surface area is 300 Å². The minimum absolute atomic E-state index is 0.0198. The average molecular weight is 695 g/mol. The number of carboxylic acids is 1. The minimum Gasteiger partial charge on any atom is -0.481 e. The highest BCUT2D eigenvalue weighted by Crippen LogP contribution is 2.39. The normalized spacial score (nSPS) is 18.6. The van der Waals surface area contributed by atoms with Crippen LogP contribution in [0.3, 0.4) is 0 Å². The van der Waals surface area contributed by atoms with Gasteiger partial charge < -0.3 is 30.1 Å². The smallest absolute Gasteiger partial charge is 0.303 e. The Morgan fingerprint density at radius 1 is 0.824 bits per heavy atom. The van der Waals surface area contributed by atoms with Gasteiger partial charge in [0.15, 0.2) is 6.29 Å². The lowest BCUT2D eigenvalue weighted by molar-refractivity contribution is -0.253. The summed E-state index contributed by atoms with van der Waals surface area (Å²) in [5, 5.41) is 32.4. The molecule has 1 heterocycles. The monoisotopic (exact) mass is 694 g/mol. The molecule has 1 saturated heterocycles. The largest absolute Gasteiger partial charge is 0.481 e. The molecular weight excluding hydrogens is 644 g/mol. The van der Waals surface area contributed by atoms with Gasteiger partial charge in [-0.25, -0.2) is 0 Å². The number of hydrogen-bond acceptors (Lipinski definition) is 7. The summed E-state index contributed by atoms with van der Waals surface area (Å²) in [6.45, 7) is 3.02. The molecular formula is C42H50N2O7. The molecule has 1 fully saturated rings. The van der Waals surface area contributed by atoms with E-state index < -0.39 is 18.4 Å². The number of aliphatic hydroxyl groups is 2. The van der Waals surface area contributed by atoms with Gasteiger partial charge in [0.05, 0.1) is 24.9 Å². The highest BCUT2D eigenvalue weighted by Gasteiger charge is 2.34. The number of carbonyl (C=O) groups is 2. The number of carboxylic acid groups (broad SMARTS) is 1. The number of aliphatic hydroxyl groups excluding tert-OH is 2. The molecule has 9 heteroatoms. The molecule has 270 valence electrons. The Morgan fingerprint density at radius 2 is 1.53 bits per heavy atom. The number of likely N-dealkylation sites (N-methyl/N-ethyl adjacent to an activating group) is 1. The van der Waals surface area contributed by atoms with E-state index in [-0.39, 0.29) is 37.2 Å². The Bertz CT molecular complexity index is 1680. The van der Waals surface area contributed by atoms with E-state index in [2.05, 4.69) is 28.4 Å². The van der Waals surface area contributed by atoms with Gasteiger partial charge in [0, 0.05) is 44.0 Å². The highest BCUT2D eigenvalue weighted by molar-refractivity contribution is 5.76. The van der Waals surface area contributed by atoms with Crippen LogP contribution in [0.2, 0.25) is 0 Å². The summed E-state index contributed by atoms with van der Waals surface area (Å²) < 4.78 is 13.2. The second kappa shape index (κ2) is 18.7. The molecule has 0 radical (unpaired) electrons. The van der Waals surface area contributed by atoms with Crippen LogP contribution in [0.25, 0.3) is 11.1 Å². The van der Waals surface area contributed by atoms with E-state index in [1.165, 1.54) is 0 Å². The van der Waals surface area contributed by atoms with Crippen molar-refractivity contribution in [3.63, 3.8) is 0 Å². The van der Waals surface area contributed by atoms with E-state index in [4.69, 9.17) is 14.6 Å². The number of nitrogens with zero attached hydrogens (tertiary/aromatic N) is 1. The molecule has 0 bridgehead atoms. The number of benzene rings is 4. The zero-order valence-electron chi connectivity index (χ0n) is 29.5. The fourth-order valence-electron chi connectivity index (χ4n) is 6.41. The van der Waals surface area contributed by atoms with Gasteiger partial charge in [-0.2, -0.15) is 0 Å². The third-order valence-corrected chi connectivity index (χ3v) is 9.63. The Balaban J connectivity index is 1.24. The predicted octanol–water partition coefficient (Wildman–Crippen LogP) is 7.10. The lowest BCUT2D eigenvalue weighted by Crippen LogP contribution is -2.43. The Kier molecular flexibility index (Phi) is 13.9. The molecule has 0 spiro atoms. The van der Waals surface area contributed by atoms with Crippen LogP contribution in [0, 0.1) is 0 Å². The Morgan fingerprint density at radius 3 is 2.24 bits per heavy atom. The van der Waals surface area contributed by atoms with Crippen molar-refractivity contribution in [2.45, 2.75) is 89.2 Å². The molecule has 1 amide bonds. The third-order valence-electron chi connectivity index (χ3n) is 9.63. The topological polar surface area (TPSA) is 129 Å². The first kappa shape index (κ1) is 37.9. The molecule has 4 aromatic rings. The first-order valence-corrected chi connectivity index (χ1v) is 17.8. The fraction of sp³-hybridized carbons (Fsp3) is 0.381. The molecule has 1 aliphatic heterocycles. The molecule has 0 saturated carbocycles. The summed E-state index contributed by atoms with van der Waals surface area (Å²) in [4.78, 5) is 25.1. The summed E-state index contributed by atoms with van der Waals surface area (Å²) in [5.74, 6) is -0.847. The second-order valence-corrected chi connectivity index (χ2v) is 13.4. The number of unbranched alkanes of at least 4 members (excludes halogenated alkanes) is 2. The van der Waals surface area contributed by atoms with Crippen molar-refractivity contribution in [1.82, 2.24) is 10.2 Å². The number of amides is 1. The van der Waals surface area contributed by atoms with Gasteiger partial charge in [0.1, 0.15) is 0 Å². The Hall–Kier alpha value is -4.38. The maximum atomic E-state index is 12.3. The molecule has 9 nitrogen and oxygen atoms in total. The molecule has 1 aliphatic rings. The van der Waals surface area contributed by atoms with Gasteiger partial charge in [-0.05, 0) is 66.3 Å². The minimum atomic E-state index is -0.806. The van der Waals surface area contributed by atoms with Crippen LogP contribution in [0.15, 0.2) is 103 Å². The summed E-state index contributed by atoms with van der Waals surface area (Å²) in [6.07, 6.45) is 1.49. The summed E-state index contributed by atoms with van der Waals surface area (Å²) in [6, 6.07) is 33.6. The lowest BCUT2D eigenvalue weighted by Gasteiger charge is -2.39. The van der Waals surface area contributed by atoms with E-state index in [0.717, 1.165) is 45.4 Å². The fourth-order valence-corrected chi connectivity index (χ4v) is 6.41. The van der Waals surface area contributed by atoms with Gasteiger partial charge >= 0.3 is 5.97 Å². The zero-order chi connectivity index (χ0) is 36.2. The molecule has 4 aromatic carbocycles. The molecule has 5 atom stereocenters. The lowest BCUT2D eigenvalue weighted by atomic mass is 9.98. The van der Waals surface area contributed by atoms with Crippen molar-refractivity contribution in [2.75, 3.05) is 13.6 Å². The predicted molar refractivity (Wildman–Crippen MR) is 196 cm³/mol. The van der Waals surface area contributed by atoms with Crippen molar-refractivity contribution < 1.29 is 34.4 Å². The highest BCUT2D eigenvalue weighted by atomic mass is 16.7. The maximum absolute atomic E-state index is 12.3. The average Bonchev–Trinajstić information content (AvgIpc) is 3.16. The SMILES string of the molecule is C[C@@H]([C@H](O)c1ccccc1)N(C)C[C@H]1C[C@@H](c2ccc(CO)cc2)O[C@@H](c2ccc(-c3cccc(CNC(=O)CCCCCC(=O)O)c3)cc2)O1. The standard InChI is InChI=1S/C42H50N2O7/c1-29(41(49)34-11-5-3-6-12-34)44(2)27-37-25-38(33-18-16-30(28-45)17-19-33)51-42(50-37)35-22-20-32(21-23-35)36-13-9-10-31(24-36)26-43-39(46)14-7-4-8-15-40(47)48/h3,5-6,9-13,16-24,29,37-38,41-42,45,49H,4,7-8,14-15,25-28H2,1-2H3,(H,43,46)(H,47,48)/t29-,37+,38-,41-,42-/m0/s1. The third kappa shape index (κ3) is 11.1. The van der Waals surface area contributed by atoms with Crippen molar-refractivity contribution in [3.05, 3.63) is 131 Å². The molecule has 0 aliphatic carbocycles. The zero-order valence-corrected chi connectivity index (χ0v) is 29.5. The number of rotatable bonds is 17. The molecule has 5 rings (SSSR count). The van der Waals surface area contributed by atoms with Crippen LogP contribution >= 0.6 is 0 Å². The van der Waals surface area contributed by atoms with Crippen molar-refractivity contribution in [3.8, 4) is 11.1 Å². The van der Waals surface area contributed by atoms with E-state index in [1.807, 2.05) is 98.9 Å². The van der Waals surface area contributed by atoms with Gasteiger partial charge in [-0.15, -0.1) is 0 Å². The quantitative estimate of drug-likeness (QED) is 0.0863. The van der Waals surface area contributed by atoms with Crippen LogP contribution in [-0.2, 0) is 32.2 Å². The summed E-state index contributed by atoms with van der Waals surface area (Å²) in [7, 11) is 2.01. The van der Waals surface area contributed by atoms with E-state index in [1.54, 1.807) is 0 Å². The summed E-state index contributed by atoms with van der Waals surface area (Å²) >= 11 is 0. The van der Waals surface area contributed by atoms with Gasteiger partial charge in [0.2, 0.25) is 5.91 Å². The van der Waals surface area contributed by atoms with Crippen molar-refractivity contribution >= 4 is 11.9 Å². The first-order chi connectivity index (χ1) is 24.7. The van der Waals surface area contributed by atoms with E-state index in [9.17, 15) is 19.8 Å². The number of hydrogen-bond donors (Lipinski definition) is 4. The van der Waals surface area contributed by atoms with Crippen LogP contribution in [0.1, 0.15) is 91.8 Å². The number of ether oxygens (including phenoxy) is 2. The van der Waals surface area contributed by atoms with Crippen LogP contribution in [0.5, 0.6) is 0 Å². The summed E-state index contributed by atoms with van der Waals surface area (Å²) in [5.41, 5.74) is 6.67. The van der Waals surface area contributed by atoms with E-state index in [0.29, 0.717) is 38.8 Å². The van der Waals surface area contributed by atoms with Crippen LogP contribution in [0.4, 0.5) is 0 Å². The number of aliphatic carboxylic acids is 1. The second-order valence-electron chi connectivity index (χ2n) is 13.4. The molecule has 0 aromatic heterocycles. The van der Waals surface area contributed by atoms with E-state index >= 15 is 0 Å². The number of carbonyl (C=O) groups excluding carboxylic acids is 1. The molecule has 0 unspecified atom stereocenters. The molecule has 4 N–H and O–H groups in total. The van der Waals surface area contributed by atoms with Gasteiger partial charge in [-0.3, -0.25) is 14.5 Å². The van der Waals surface area contributed by atoms with Crippen molar-refractivity contribution in [2.24, 2.45) is 0 Å². The first-order valence-electron chi connectivity index (χ1n) is 17.8. The van der Waals surface area contributed by atoms with Gasteiger partial charge in [-0.1, -0.05) is 103 Å². The maximum Gasteiger partial charge on any atom is 0.303 e. The van der Waals surface area contributed by atoms with Crippen LogP contribution < -0.4 is 5.32 Å². The van der Waals surface area contributed by atoms with Gasteiger partial charge in [0.25, 0.3) is 0 Å².